The van der Waals surface area contributed by atoms with Crippen molar-refractivity contribution in [2.75, 3.05) is 13.2 Å². The normalized spacial score (nSPS) is 23.4. The quantitative estimate of drug-likeness (QED) is 0.105. The Morgan fingerprint density at radius 2 is 1.67 bits per heavy atom. The van der Waals surface area contributed by atoms with Crippen LogP contribution in [-0.4, -0.2) is 98.5 Å². The molecule has 0 saturated carbocycles. The average Bonchev–Trinajstić information content (AvgIpc) is 3.54. The van der Waals surface area contributed by atoms with E-state index >= 15 is 0 Å². The van der Waals surface area contributed by atoms with Gasteiger partial charge in [0.25, 0.3) is 0 Å². The second-order valence-electron chi connectivity index (χ2n) is 12.7. The van der Waals surface area contributed by atoms with E-state index in [9.17, 15) is 53.1 Å². The molecule has 3 heterocycles. The number of nitrogens with zero attached hydrogens (tertiary/aromatic N) is 4. The number of carbonyl (C=O) groups excluding carboxylic acids is 2. The zero-order chi connectivity index (χ0) is 36.9. The van der Waals surface area contributed by atoms with Crippen molar-refractivity contribution in [2.24, 2.45) is 11.3 Å². The number of ether oxygens (including phenoxy) is 1. The fourth-order valence-electron chi connectivity index (χ4n) is 4.81. The molecule has 0 amide bonds. The molecule has 1 aliphatic heterocycles. The maximum absolute atomic E-state index is 12.6. The van der Waals surface area contributed by atoms with Crippen LogP contribution < -0.4 is 0 Å². The molecule has 1 saturated heterocycles. The van der Waals surface area contributed by atoms with Gasteiger partial charge in [-0.15, -0.1) is 0 Å². The van der Waals surface area contributed by atoms with Crippen LogP contribution in [0.15, 0.2) is 12.7 Å². The van der Waals surface area contributed by atoms with Crippen molar-refractivity contribution in [3.63, 3.8) is 0 Å². The van der Waals surface area contributed by atoms with Gasteiger partial charge in [0.05, 0.1) is 25.2 Å². The molecule has 1 fully saturated rings. The number of ketones is 2. The summed E-state index contributed by atoms with van der Waals surface area (Å²) in [5.41, 5.74) is -0.526. The molecule has 0 aliphatic carbocycles. The third-order valence-corrected chi connectivity index (χ3v) is 10.6. The fourth-order valence-corrected chi connectivity index (χ4v) is 7.64. The monoisotopic (exact) mass is 760 g/mol. The number of fused-ring (bicyclic) bond motifs is 1. The lowest BCUT2D eigenvalue weighted by molar-refractivity contribution is -0.134. The van der Waals surface area contributed by atoms with E-state index < -0.39 is 78.5 Å². The molecule has 278 valence electrons. The first kappa shape index (κ1) is 41.6. The molecule has 1 aliphatic rings. The van der Waals surface area contributed by atoms with Gasteiger partial charge in [-0.2, -0.15) is 4.31 Å². The van der Waals surface area contributed by atoms with Gasteiger partial charge in [-0.25, -0.2) is 28.6 Å². The molecule has 7 atom stereocenters. The van der Waals surface area contributed by atoms with E-state index in [-0.39, 0.29) is 30.7 Å². The topological polar surface area (TPSA) is 296 Å². The van der Waals surface area contributed by atoms with E-state index in [1.807, 2.05) is 13.8 Å². The largest absolute Gasteiger partial charge is 0.481 e. The predicted molar refractivity (Wildman–Crippen MR) is 167 cm³/mol. The van der Waals surface area contributed by atoms with Gasteiger partial charge < -0.3 is 34.5 Å². The second kappa shape index (κ2) is 16.7. The zero-order valence-electron chi connectivity index (χ0n) is 27.5. The SMILES string of the molecule is Cc1ncnc2c1ncn2C1OC(COP(=O)(O)OP(=O)(O)OCC(C)(C)C(O)C(=O)CCCC(=O)CCC(C)C)C(OP(=O)(O)O)C1O. The molecule has 0 spiro atoms. The Kier molecular flexibility index (Phi) is 14.1. The first-order chi connectivity index (χ1) is 22.5. The molecule has 0 radical (unpaired) electrons. The van der Waals surface area contributed by atoms with E-state index in [2.05, 4.69) is 23.8 Å². The minimum absolute atomic E-state index is 0.00936. The average molecular weight is 761 g/mol. The zero-order valence-corrected chi connectivity index (χ0v) is 30.1. The molecule has 2 aromatic heterocycles. The van der Waals surface area contributed by atoms with Crippen LogP contribution in [0.25, 0.3) is 11.2 Å². The Labute approximate surface area is 281 Å². The van der Waals surface area contributed by atoms with E-state index in [1.165, 1.54) is 31.1 Å². The predicted octanol–water partition coefficient (Wildman–Crippen LogP) is 2.25. The molecular formula is C26H43N4O16P3. The maximum Gasteiger partial charge on any atom is 0.481 e. The third-order valence-electron chi connectivity index (χ3n) is 7.52. The molecule has 3 rings (SSSR count). The summed E-state index contributed by atoms with van der Waals surface area (Å²) in [6.07, 6.45) is -4.75. The highest BCUT2D eigenvalue weighted by Gasteiger charge is 2.50. The molecule has 7 unspecified atom stereocenters. The number of aliphatic hydroxyl groups is 2. The van der Waals surface area contributed by atoms with Crippen molar-refractivity contribution in [2.45, 2.75) is 97.4 Å². The molecule has 2 aromatic rings. The van der Waals surface area contributed by atoms with Crippen molar-refractivity contribution < 1.29 is 75.7 Å². The Bertz CT molecular complexity index is 1610. The molecular weight excluding hydrogens is 717 g/mol. The number of hydrogen-bond donors (Lipinski definition) is 6. The van der Waals surface area contributed by atoms with Gasteiger partial charge in [0.15, 0.2) is 17.7 Å². The first-order valence-corrected chi connectivity index (χ1v) is 19.6. The Hall–Kier alpha value is -1.86. The highest BCUT2D eigenvalue weighted by Crippen LogP contribution is 2.61. The summed E-state index contributed by atoms with van der Waals surface area (Å²) in [5, 5.41) is 21.4. The number of aliphatic hydroxyl groups excluding tert-OH is 2. The van der Waals surface area contributed by atoms with E-state index in [1.54, 1.807) is 6.92 Å². The van der Waals surface area contributed by atoms with Gasteiger partial charge >= 0.3 is 23.5 Å². The highest BCUT2D eigenvalue weighted by atomic mass is 31.3. The summed E-state index contributed by atoms with van der Waals surface area (Å²) in [6, 6.07) is 0. The van der Waals surface area contributed by atoms with Crippen molar-refractivity contribution in [3.05, 3.63) is 18.3 Å². The maximum atomic E-state index is 12.6. The van der Waals surface area contributed by atoms with Gasteiger partial charge in [0, 0.05) is 24.7 Å². The summed E-state index contributed by atoms with van der Waals surface area (Å²) >= 11 is 0. The van der Waals surface area contributed by atoms with Gasteiger partial charge in [0.2, 0.25) is 0 Å². The number of carbonyl (C=O) groups is 2. The van der Waals surface area contributed by atoms with Crippen molar-refractivity contribution in [3.8, 4) is 0 Å². The minimum atomic E-state index is -5.50. The number of rotatable bonds is 20. The van der Waals surface area contributed by atoms with Crippen molar-refractivity contribution in [1.29, 1.82) is 0 Å². The van der Waals surface area contributed by atoms with E-state index in [0.29, 0.717) is 23.5 Å². The number of imidazole rings is 1. The molecule has 20 nitrogen and oxygen atoms in total. The number of phosphoric acid groups is 3. The van der Waals surface area contributed by atoms with Gasteiger partial charge in [-0.05, 0) is 25.7 Å². The van der Waals surface area contributed by atoms with Crippen LogP contribution in [0.3, 0.4) is 0 Å². The summed E-state index contributed by atoms with van der Waals surface area (Å²) in [6.45, 7) is 6.39. The third kappa shape index (κ3) is 12.1. The number of aryl methyl sites for hydroxylation is 1. The van der Waals surface area contributed by atoms with Gasteiger partial charge in [-0.3, -0.25) is 27.7 Å². The van der Waals surface area contributed by atoms with Crippen LogP contribution in [0.2, 0.25) is 0 Å². The van der Waals surface area contributed by atoms with Crippen LogP contribution in [0, 0.1) is 18.3 Å². The first-order valence-electron chi connectivity index (χ1n) is 15.1. The Morgan fingerprint density at radius 1 is 1.02 bits per heavy atom. The standard InChI is InChI=1S/C26H43N4O16P3/c1-15(2)9-10-17(31)7-6-8-18(32)23(34)26(4,5)12-43-49(40,41)46-48(38,39)42-11-19-22(45-47(35,36)37)21(33)25(44-19)30-14-29-20-16(3)27-13-28-24(20)30/h13-15,19,21-23,25,33-34H,6-12H2,1-5H3,(H,38,39)(H,40,41)(H2,35,36,37). The lowest BCUT2D eigenvalue weighted by atomic mass is 9.84. The van der Waals surface area contributed by atoms with Crippen LogP contribution in [0.4, 0.5) is 0 Å². The lowest BCUT2D eigenvalue weighted by Crippen LogP contribution is -2.39. The number of Topliss-reactive ketones (excluding diaryl/α,β-unsaturated/α-hetero) is 2. The molecule has 6 N–H and O–H groups in total. The van der Waals surface area contributed by atoms with Crippen LogP contribution in [-0.2, 0) is 45.9 Å². The Balaban J connectivity index is 1.59. The second-order valence-corrected chi connectivity index (χ2v) is 16.9. The van der Waals surface area contributed by atoms with Crippen LogP contribution in [0.1, 0.15) is 71.7 Å². The molecule has 49 heavy (non-hydrogen) atoms. The van der Waals surface area contributed by atoms with E-state index in [4.69, 9.17) is 13.8 Å². The molecule has 0 bridgehead atoms. The lowest BCUT2D eigenvalue weighted by Gasteiger charge is -2.30. The summed E-state index contributed by atoms with van der Waals surface area (Å²) in [5.74, 6) is -0.303. The molecule has 23 heteroatoms. The molecule has 0 aromatic carbocycles. The number of hydrogen-bond acceptors (Lipinski definition) is 15. The summed E-state index contributed by atoms with van der Waals surface area (Å²) in [4.78, 5) is 75.8. The minimum Gasteiger partial charge on any atom is -0.386 e. The number of aromatic nitrogens is 4. The van der Waals surface area contributed by atoms with Crippen LogP contribution in [0.5, 0.6) is 0 Å². The smallest absolute Gasteiger partial charge is 0.386 e. The van der Waals surface area contributed by atoms with E-state index in [0.717, 1.165) is 6.42 Å². The Morgan fingerprint density at radius 3 is 2.31 bits per heavy atom. The van der Waals surface area contributed by atoms with Crippen molar-refractivity contribution in [1.82, 2.24) is 19.5 Å². The van der Waals surface area contributed by atoms with Crippen molar-refractivity contribution >= 4 is 46.2 Å². The van der Waals surface area contributed by atoms with Crippen LogP contribution >= 0.6 is 23.5 Å². The number of phosphoric ester groups is 3. The van der Waals surface area contributed by atoms with Gasteiger partial charge in [0.1, 0.15) is 42.0 Å². The van der Waals surface area contributed by atoms with Gasteiger partial charge in [-0.1, -0.05) is 27.7 Å². The summed E-state index contributed by atoms with van der Waals surface area (Å²) in [7, 11) is -16.2. The highest BCUT2D eigenvalue weighted by molar-refractivity contribution is 7.61. The summed E-state index contributed by atoms with van der Waals surface area (Å²) < 4.78 is 62.2. The fraction of sp³-hybridized carbons (Fsp3) is 0.731.